The molecule has 0 spiro atoms. The molecular formula is C14H24N2O3S. The Kier molecular flexibility index (Phi) is 4.52. The zero-order valence-corrected chi connectivity index (χ0v) is 13.5. The highest BCUT2D eigenvalue weighted by atomic mass is 32.2. The van der Waals surface area contributed by atoms with Crippen LogP contribution in [0, 0.1) is 5.92 Å². The molecule has 20 heavy (non-hydrogen) atoms. The number of carbonyl (C=O) groups is 1. The molecule has 0 N–H and O–H groups in total. The summed E-state index contributed by atoms with van der Waals surface area (Å²) < 4.78 is 20.7. The van der Waals surface area contributed by atoms with Gasteiger partial charge in [0.1, 0.15) is 11.0 Å². The molecule has 2 aliphatic rings. The van der Waals surface area contributed by atoms with Crippen molar-refractivity contribution in [3.05, 3.63) is 0 Å². The maximum atomic E-state index is 11.9. The summed E-state index contributed by atoms with van der Waals surface area (Å²) >= 11 is 0. The van der Waals surface area contributed by atoms with E-state index in [-0.39, 0.29) is 22.9 Å². The summed E-state index contributed by atoms with van der Waals surface area (Å²) in [4.78, 5) is 13.6. The second-order valence-electron chi connectivity index (χ2n) is 6.61. The lowest BCUT2D eigenvalue weighted by Gasteiger charge is -2.36. The van der Waals surface area contributed by atoms with E-state index in [0.29, 0.717) is 5.92 Å². The molecule has 1 amide bonds. The van der Waals surface area contributed by atoms with E-state index in [9.17, 15) is 9.00 Å². The van der Waals surface area contributed by atoms with Crippen molar-refractivity contribution >= 4 is 23.3 Å². The van der Waals surface area contributed by atoms with Gasteiger partial charge in [-0.3, -0.25) is 0 Å². The van der Waals surface area contributed by atoms with Crippen LogP contribution in [0.4, 0.5) is 4.79 Å². The van der Waals surface area contributed by atoms with Crippen LogP contribution in [0.25, 0.3) is 0 Å². The van der Waals surface area contributed by atoms with Gasteiger partial charge in [-0.2, -0.15) is 4.40 Å². The van der Waals surface area contributed by atoms with Crippen LogP contribution in [-0.2, 0) is 15.7 Å². The van der Waals surface area contributed by atoms with Crippen LogP contribution in [0.5, 0.6) is 0 Å². The number of hydrogen-bond acceptors (Lipinski definition) is 3. The van der Waals surface area contributed by atoms with Gasteiger partial charge in [0, 0.05) is 18.3 Å². The van der Waals surface area contributed by atoms with Gasteiger partial charge >= 0.3 is 6.09 Å². The molecule has 0 aliphatic carbocycles. The molecule has 2 rings (SSSR count). The molecule has 0 aromatic carbocycles. The van der Waals surface area contributed by atoms with Crippen molar-refractivity contribution in [1.82, 2.24) is 4.90 Å². The van der Waals surface area contributed by atoms with E-state index in [4.69, 9.17) is 4.74 Å². The molecule has 1 unspecified atom stereocenters. The van der Waals surface area contributed by atoms with Gasteiger partial charge in [-0.05, 0) is 52.4 Å². The van der Waals surface area contributed by atoms with Crippen LogP contribution in [0.2, 0.25) is 0 Å². The summed E-state index contributed by atoms with van der Waals surface area (Å²) in [6.07, 6.45) is 5.50. The first-order valence-corrected chi connectivity index (χ1v) is 8.26. The molecule has 2 heterocycles. The lowest BCUT2D eigenvalue weighted by atomic mass is 9.92. The lowest BCUT2D eigenvalue weighted by Crippen LogP contribution is -2.46. The SMILES string of the molecule is COC(=O)N1[C@@H]2CC[C@H]1CC(C=N[S@@](=O)C(C)(C)C)C2. The van der Waals surface area contributed by atoms with Crippen molar-refractivity contribution in [3.63, 3.8) is 0 Å². The number of ether oxygens (including phenoxy) is 1. The molecule has 6 heteroatoms. The highest BCUT2D eigenvalue weighted by Gasteiger charge is 2.43. The zero-order chi connectivity index (χ0) is 14.9. The van der Waals surface area contributed by atoms with Crippen LogP contribution < -0.4 is 0 Å². The average Bonchev–Trinajstić information content (AvgIpc) is 2.65. The molecule has 5 nitrogen and oxygen atoms in total. The summed E-state index contributed by atoms with van der Waals surface area (Å²) in [6.45, 7) is 5.76. The van der Waals surface area contributed by atoms with E-state index in [1.54, 1.807) is 0 Å². The molecule has 2 saturated heterocycles. The number of hydrogen-bond donors (Lipinski definition) is 0. The monoisotopic (exact) mass is 300 g/mol. The molecule has 0 saturated carbocycles. The number of carbonyl (C=O) groups excluding carboxylic acids is 1. The Labute approximate surface area is 123 Å². The first-order chi connectivity index (χ1) is 9.32. The van der Waals surface area contributed by atoms with Gasteiger partial charge in [-0.1, -0.05) is 0 Å². The highest BCUT2D eigenvalue weighted by molar-refractivity contribution is 7.85. The molecule has 114 valence electrons. The maximum Gasteiger partial charge on any atom is 0.409 e. The second kappa shape index (κ2) is 5.84. The number of methoxy groups -OCH3 is 1. The number of amides is 1. The fourth-order valence-corrected chi connectivity index (χ4v) is 3.64. The molecule has 2 bridgehead atoms. The Bertz CT molecular complexity index is 417. The van der Waals surface area contributed by atoms with E-state index in [1.807, 2.05) is 31.9 Å². The summed E-state index contributed by atoms with van der Waals surface area (Å²) in [5.41, 5.74) is 0. The molecule has 2 fully saturated rings. The van der Waals surface area contributed by atoms with Gasteiger partial charge < -0.3 is 9.64 Å². The smallest absolute Gasteiger partial charge is 0.409 e. The number of rotatable bonds is 2. The van der Waals surface area contributed by atoms with E-state index in [1.165, 1.54) is 7.11 Å². The number of piperidine rings is 1. The fourth-order valence-electron chi connectivity index (χ4n) is 3.04. The van der Waals surface area contributed by atoms with Gasteiger partial charge in [0.15, 0.2) is 0 Å². The summed E-state index contributed by atoms with van der Waals surface area (Å²) in [6, 6.07) is 0.501. The van der Waals surface area contributed by atoms with E-state index in [2.05, 4.69) is 4.40 Å². The molecule has 4 atom stereocenters. The van der Waals surface area contributed by atoms with Crippen LogP contribution >= 0.6 is 0 Å². The first-order valence-electron chi connectivity index (χ1n) is 7.15. The van der Waals surface area contributed by atoms with Gasteiger partial charge in [0.05, 0.1) is 11.9 Å². The Hall–Kier alpha value is -0.910. The predicted molar refractivity (Wildman–Crippen MR) is 80.2 cm³/mol. The van der Waals surface area contributed by atoms with E-state index >= 15 is 0 Å². The first kappa shape index (κ1) is 15.5. The molecule has 0 aromatic heterocycles. The van der Waals surface area contributed by atoms with Gasteiger partial charge in [-0.15, -0.1) is 0 Å². The quantitative estimate of drug-likeness (QED) is 0.736. The lowest BCUT2D eigenvalue weighted by molar-refractivity contribution is 0.0801. The van der Waals surface area contributed by atoms with Crippen molar-refractivity contribution < 1.29 is 13.7 Å². The van der Waals surface area contributed by atoms with Crippen LogP contribution in [0.1, 0.15) is 46.5 Å². The van der Waals surface area contributed by atoms with Gasteiger partial charge in [0.25, 0.3) is 0 Å². The van der Waals surface area contributed by atoms with Crippen LogP contribution in [0.15, 0.2) is 4.40 Å². The largest absolute Gasteiger partial charge is 0.453 e. The molecule has 0 radical (unpaired) electrons. The summed E-state index contributed by atoms with van der Waals surface area (Å²) in [7, 11) is 0.236. The third-order valence-corrected chi connectivity index (χ3v) is 5.41. The van der Waals surface area contributed by atoms with Crippen molar-refractivity contribution in [3.8, 4) is 0 Å². The van der Waals surface area contributed by atoms with E-state index < -0.39 is 11.0 Å². The highest BCUT2D eigenvalue weighted by Crippen LogP contribution is 2.38. The number of fused-ring (bicyclic) bond motifs is 2. The number of nitrogens with zero attached hydrogens (tertiary/aromatic N) is 2. The minimum atomic E-state index is -1.20. The van der Waals surface area contributed by atoms with Crippen molar-refractivity contribution in [1.29, 1.82) is 0 Å². The van der Waals surface area contributed by atoms with E-state index in [0.717, 1.165) is 25.7 Å². The van der Waals surface area contributed by atoms with Crippen molar-refractivity contribution in [2.24, 2.45) is 10.3 Å². The summed E-state index contributed by atoms with van der Waals surface area (Å²) in [5.74, 6) is 0.319. The predicted octanol–water partition coefficient (Wildman–Crippen LogP) is 2.53. The van der Waals surface area contributed by atoms with Crippen LogP contribution in [0.3, 0.4) is 0 Å². The summed E-state index contributed by atoms with van der Waals surface area (Å²) in [5, 5.41) is 0. The third-order valence-electron chi connectivity index (χ3n) is 4.05. The zero-order valence-electron chi connectivity index (χ0n) is 12.7. The molecule has 0 aromatic rings. The standard InChI is InChI=1S/C14H24N2O3S/c1-14(2,3)20(18)15-9-10-7-11-5-6-12(8-10)16(11)13(17)19-4/h9-12H,5-8H2,1-4H3/t10?,11-,12+,20-/m0/s1. The Morgan fingerprint density at radius 1 is 1.30 bits per heavy atom. The minimum absolute atomic E-state index is 0.217. The van der Waals surface area contributed by atoms with Crippen molar-refractivity contribution in [2.75, 3.05) is 7.11 Å². The minimum Gasteiger partial charge on any atom is -0.453 e. The van der Waals surface area contributed by atoms with Crippen LogP contribution in [-0.4, -0.2) is 45.4 Å². The van der Waals surface area contributed by atoms with Crippen molar-refractivity contribution in [2.45, 2.75) is 63.3 Å². The van der Waals surface area contributed by atoms with Gasteiger partial charge in [0.2, 0.25) is 0 Å². The Morgan fingerprint density at radius 3 is 2.30 bits per heavy atom. The normalized spacial score (nSPS) is 31.6. The fraction of sp³-hybridized carbons (Fsp3) is 0.857. The average molecular weight is 300 g/mol. The Balaban J connectivity index is 1.98. The van der Waals surface area contributed by atoms with Gasteiger partial charge in [-0.25, -0.2) is 9.00 Å². The molecule has 2 aliphatic heterocycles. The Morgan fingerprint density at radius 2 is 1.85 bits per heavy atom. The topological polar surface area (TPSA) is 59.0 Å². The third kappa shape index (κ3) is 3.22. The second-order valence-corrected chi connectivity index (χ2v) is 8.54. The molecular weight excluding hydrogens is 276 g/mol. The maximum absolute atomic E-state index is 11.9.